The van der Waals surface area contributed by atoms with E-state index in [4.69, 9.17) is 4.42 Å². The Morgan fingerprint density at radius 3 is 2.39 bits per heavy atom. The Morgan fingerprint density at radius 2 is 1.79 bits per heavy atom. The van der Waals surface area contributed by atoms with Crippen LogP contribution >= 0.6 is 0 Å². The second-order valence-electron chi connectivity index (χ2n) is 6.65. The Balaban J connectivity index is 1.43. The number of benzene rings is 2. The molecule has 2 heterocycles. The monoisotopic (exact) mass is 369 g/mol. The molecule has 1 N–H and O–H groups in total. The first-order valence-corrected chi connectivity index (χ1v) is 9.07. The van der Waals surface area contributed by atoms with Crippen molar-refractivity contribution in [3.63, 3.8) is 0 Å². The lowest BCUT2D eigenvalue weighted by molar-refractivity contribution is -0.117. The molecule has 5 nitrogen and oxygen atoms in total. The largest absolute Gasteiger partial charge is 0.467 e. The zero-order valence-electron chi connectivity index (χ0n) is 15.3. The zero-order chi connectivity index (χ0) is 19.3. The maximum absolute atomic E-state index is 12.2. The third-order valence-electron chi connectivity index (χ3n) is 4.78. The number of rotatable bonds is 5. The van der Waals surface area contributed by atoms with Crippen LogP contribution in [0.15, 0.2) is 76.9 Å². The molecule has 28 heavy (non-hydrogen) atoms. The second kappa shape index (κ2) is 7.85. The van der Waals surface area contributed by atoms with Gasteiger partial charge in [0.25, 0.3) is 5.91 Å². The molecule has 4 rings (SSSR count). The Bertz CT molecular complexity index is 1020. The Labute approximate surface area is 163 Å². The van der Waals surface area contributed by atoms with E-state index >= 15 is 0 Å². The van der Waals surface area contributed by atoms with Gasteiger partial charge in [0.15, 0.2) is 0 Å². The fraction of sp³-hybridized carbons (Fsp3) is 0.130. The van der Waals surface area contributed by atoms with Crippen LogP contribution in [0.5, 0.6) is 0 Å². The first-order chi connectivity index (χ1) is 13.7. The molecule has 0 bridgehead atoms. The van der Waals surface area contributed by atoms with Crippen molar-refractivity contribution in [3.05, 3.63) is 95.0 Å². The number of carbonyl (C=O) groups is 1. The van der Waals surface area contributed by atoms with Gasteiger partial charge in [-0.3, -0.25) is 4.79 Å². The van der Waals surface area contributed by atoms with Crippen molar-refractivity contribution in [1.82, 2.24) is 5.32 Å². The van der Waals surface area contributed by atoms with Crippen LogP contribution in [0.2, 0.25) is 0 Å². The molecular formula is C23H19N3O2. The molecule has 1 amide bonds. The van der Waals surface area contributed by atoms with Crippen LogP contribution in [0.3, 0.4) is 0 Å². The lowest BCUT2D eigenvalue weighted by Crippen LogP contribution is -2.23. The highest BCUT2D eigenvalue weighted by molar-refractivity contribution is 6.01. The molecule has 0 spiro atoms. The molecule has 0 saturated carbocycles. The van der Waals surface area contributed by atoms with Crippen LogP contribution in [0.4, 0.5) is 5.69 Å². The van der Waals surface area contributed by atoms with Crippen molar-refractivity contribution in [2.75, 3.05) is 4.90 Å². The summed E-state index contributed by atoms with van der Waals surface area (Å²) in [4.78, 5) is 14.5. The minimum absolute atomic E-state index is 0.0629. The molecule has 0 aliphatic carbocycles. The van der Waals surface area contributed by atoms with Gasteiger partial charge < -0.3 is 14.6 Å². The average molecular weight is 369 g/mol. The molecule has 2 aromatic carbocycles. The number of furan rings is 1. The van der Waals surface area contributed by atoms with E-state index in [1.165, 1.54) is 11.1 Å². The van der Waals surface area contributed by atoms with Crippen molar-refractivity contribution in [3.8, 4) is 6.07 Å². The second-order valence-corrected chi connectivity index (χ2v) is 6.65. The van der Waals surface area contributed by atoms with Crippen molar-refractivity contribution >= 4 is 17.7 Å². The standard InChI is InChI=1S/C23H19N3O2/c24-13-20(23(27)25-14-22-6-3-11-28-22)12-17-7-9-21(10-8-17)26-15-18-4-1-2-5-19(18)16-26/h1-12H,14-16H2,(H,25,27)/b20-12+. The van der Waals surface area contributed by atoms with E-state index < -0.39 is 5.91 Å². The van der Waals surface area contributed by atoms with Crippen LogP contribution in [0, 0.1) is 11.3 Å². The molecule has 3 aromatic rings. The van der Waals surface area contributed by atoms with E-state index in [9.17, 15) is 10.1 Å². The number of nitrogens with zero attached hydrogens (tertiary/aromatic N) is 2. The Morgan fingerprint density at radius 1 is 1.07 bits per heavy atom. The fourth-order valence-corrected chi connectivity index (χ4v) is 3.29. The van der Waals surface area contributed by atoms with E-state index in [1.807, 2.05) is 30.3 Å². The number of amides is 1. The summed E-state index contributed by atoms with van der Waals surface area (Å²) in [6.45, 7) is 2.04. The highest BCUT2D eigenvalue weighted by Gasteiger charge is 2.18. The molecule has 138 valence electrons. The number of fused-ring (bicyclic) bond motifs is 1. The van der Waals surface area contributed by atoms with E-state index in [-0.39, 0.29) is 12.1 Å². The predicted octanol–water partition coefficient (Wildman–Crippen LogP) is 4.02. The third-order valence-corrected chi connectivity index (χ3v) is 4.78. The summed E-state index contributed by atoms with van der Waals surface area (Å²) in [6.07, 6.45) is 3.14. The van der Waals surface area contributed by atoms with Crippen LogP contribution in [-0.4, -0.2) is 5.91 Å². The highest BCUT2D eigenvalue weighted by atomic mass is 16.3. The molecule has 0 fully saturated rings. The predicted molar refractivity (Wildman–Crippen MR) is 107 cm³/mol. The van der Waals surface area contributed by atoms with Gasteiger partial charge in [0.2, 0.25) is 0 Å². The summed E-state index contributed by atoms with van der Waals surface area (Å²) in [5, 5.41) is 12.0. The first kappa shape index (κ1) is 17.6. The smallest absolute Gasteiger partial charge is 0.262 e. The quantitative estimate of drug-likeness (QED) is 0.545. The van der Waals surface area contributed by atoms with Gasteiger partial charge >= 0.3 is 0 Å². The number of hydrogen-bond acceptors (Lipinski definition) is 4. The van der Waals surface area contributed by atoms with Gasteiger partial charge in [-0.2, -0.15) is 5.26 Å². The van der Waals surface area contributed by atoms with Crippen LogP contribution in [-0.2, 0) is 24.4 Å². The van der Waals surface area contributed by atoms with Crippen molar-refractivity contribution < 1.29 is 9.21 Å². The van der Waals surface area contributed by atoms with Crippen LogP contribution < -0.4 is 10.2 Å². The summed E-state index contributed by atoms with van der Waals surface area (Å²) < 4.78 is 5.18. The van der Waals surface area contributed by atoms with Gasteiger partial charge in [0.1, 0.15) is 17.4 Å². The van der Waals surface area contributed by atoms with Crippen molar-refractivity contribution in [1.29, 1.82) is 5.26 Å². The lowest BCUT2D eigenvalue weighted by atomic mass is 10.1. The maximum Gasteiger partial charge on any atom is 0.262 e. The van der Waals surface area contributed by atoms with Crippen molar-refractivity contribution in [2.45, 2.75) is 19.6 Å². The third kappa shape index (κ3) is 3.81. The van der Waals surface area contributed by atoms with E-state index in [2.05, 4.69) is 34.5 Å². The molecule has 1 aliphatic heterocycles. The van der Waals surface area contributed by atoms with Crippen LogP contribution in [0.1, 0.15) is 22.5 Å². The van der Waals surface area contributed by atoms with E-state index in [1.54, 1.807) is 24.5 Å². The van der Waals surface area contributed by atoms with E-state index in [0.29, 0.717) is 5.76 Å². The number of hydrogen-bond donors (Lipinski definition) is 1. The summed E-state index contributed by atoms with van der Waals surface area (Å²) in [7, 11) is 0. The average Bonchev–Trinajstić information content (AvgIpc) is 3.40. The maximum atomic E-state index is 12.2. The highest BCUT2D eigenvalue weighted by Crippen LogP contribution is 2.28. The number of nitrogens with one attached hydrogen (secondary N) is 1. The van der Waals surface area contributed by atoms with Crippen molar-refractivity contribution in [2.24, 2.45) is 0 Å². The van der Waals surface area contributed by atoms with Gasteiger partial charge in [0, 0.05) is 18.8 Å². The Hall–Kier alpha value is -3.78. The topological polar surface area (TPSA) is 69.3 Å². The number of carbonyl (C=O) groups excluding carboxylic acids is 1. The fourth-order valence-electron chi connectivity index (χ4n) is 3.29. The molecule has 1 aliphatic rings. The SMILES string of the molecule is N#C/C(=C\c1ccc(N2Cc3ccccc3C2)cc1)C(=O)NCc1ccco1. The van der Waals surface area contributed by atoms with Gasteiger partial charge in [-0.05, 0) is 47.0 Å². The van der Waals surface area contributed by atoms with Gasteiger partial charge in [-0.1, -0.05) is 36.4 Å². The normalized spacial score (nSPS) is 13.1. The first-order valence-electron chi connectivity index (χ1n) is 9.07. The van der Waals surface area contributed by atoms with Crippen LogP contribution in [0.25, 0.3) is 6.08 Å². The minimum atomic E-state index is -0.419. The molecule has 0 radical (unpaired) electrons. The van der Waals surface area contributed by atoms with E-state index in [0.717, 1.165) is 24.3 Å². The van der Waals surface area contributed by atoms with Gasteiger partial charge in [-0.25, -0.2) is 0 Å². The molecule has 1 aromatic heterocycles. The minimum Gasteiger partial charge on any atom is -0.467 e. The molecule has 0 unspecified atom stereocenters. The van der Waals surface area contributed by atoms with Gasteiger partial charge in [-0.15, -0.1) is 0 Å². The van der Waals surface area contributed by atoms with Gasteiger partial charge in [0.05, 0.1) is 12.8 Å². The Kier molecular flexibility index (Phi) is 4.94. The summed E-state index contributed by atoms with van der Waals surface area (Å²) >= 11 is 0. The molecular weight excluding hydrogens is 350 g/mol. The number of nitriles is 1. The zero-order valence-corrected chi connectivity index (χ0v) is 15.3. The summed E-state index contributed by atoms with van der Waals surface area (Å²) in [5.74, 6) is 0.222. The number of anilines is 1. The molecule has 0 atom stereocenters. The molecule has 5 heteroatoms. The summed E-state index contributed by atoms with van der Waals surface area (Å²) in [6, 6.07) is 21.8. The molecule has 0 saturated heterocycles. The lowest BCUT2D eigenvalue weighted by Gasteiger charge is -2.17. The summed E-state index contributed by atoms with van der Waals surface area (Å²) in [5.41, 5.74) is 4.70.